The van der Waals surface area contributed by atoms with Crippen molar-refractivity contribution >= 4 is 32.8 Å². The minimum absolute atomic E-state index is 0.104. The third kappa shape index (κ3) is 1.46. The van der Waals surface area contributed by atoms with E-state index < -0.39 is 0 Å². The van der Waals surface area contributed by atoms with Gasteiger partial charge in [-0.3, -0.25) is 4.79 Å². The van der Waals surface area contributed by atoms with Gasteiger partial charge in [0.25, 0.3) is 0 Å². The average molecular weight is 261 g/mol. The topological polar surface area (TPSA) is 26.3 Å². The Morgan fingerprint density at radius 3 is 3.00 bits per heavy atom. The van der Waals surface area contributed by atoms with Gasteiger partial charge in [-0.25, -0.2) is 0 Å². The van der Waals surface area contributed by atoms with E-state index in [4.69, 9.17) is 4.74 Å². The third-order valence-corrected chi connectivity index (χ3v) is 3.73. The van der Waals surface area contributed by atoms with E-state index in [0.29, 0.717) is 0 Å². The highest BCUT2D eigenvalue weighted by Crippen LogP contribution is 2.46. The first-order valence-electron chi connectivity index (χ1n) is 3.97. The molecule has 0 spiro atoms. The van der Waals surface area contributed by atoms with E-state index in [9.17, 15) is 4.79 Å². The van der Waals surface area contributed by atoms with Crippen LogP contribution in [0.4, 0.5) is 0 Å². The Bertz CT molecular complexity index is 331. The Balaban J connectivity index is 2.44. The molecule has 2 heterocycles. The Morgan fingerprint density at radius 1 is 1.62 bits per heavy atom. The van der Waals surface area contributed by atoms with E-state index in [1.54, 1.807) is 6.26 Å². The van der Waals surface area contributed by atoms with Gasteiger partial charge in [0.15, 0.2) is 6.10 Å². The van der Waals surface area contributed by atoms with E-state index in [0.717, 1.165) is 10.1 Å². The lowest BCUT2D eigenvalue weighted by Crippen LogP contribution is -2.23. The van der Waals surface area contributed by atoms with Gasteiger partial charge in [-0.05, 0) is 41.4 Å². The number of rotatable bonds is 0. The molecular formula is C9H9BrO2S. The van der Waals surface area contributed by atoms with Gasteiger partial charge in [-0.1, -0.05) is 11.8 Å². The smallest absolute Gasteiger partial charge is 0.234 e. The molecule has 0 radical (unpaired) electrons. The van der Waals surface area contributed by atoms with Crippen LogP contribution in [0.2, 0.25) is 0 Å². The maximum absolute atomic E-state index is 11.5. The van der Waals surface area contributed by atoms with Crippen LogP contribution >= 0.6 is 27.7 Å². The van der Waals surface area contributed by atoms with Gasteiger partial charge >= 0.3 is 0 Å². The molecule has 0 aliphatic carbocycles. The first kappa shape index (κ1) is 9.34. The van der Waals surface area contributed by atoms with E-state index in [1.807, 2.05) is 19.9 Å². The molecule has 1 saturated heterocycles. The summed E-state index contributed by atoms with van der Waals surface area (Å²) in [5.41, 5.74) is 1.05. The second-order valence-corrected chi connectivity index (χ2v) is 6.09. The number of thioether (sulfide) groups is 1. The molecule has 13 heavy (non-hydrogen) atoms. The highest BCUT2D eigenvalue weighted by Gasteiger charge is 2.46. The van der Waals surface area contributed by atoms with Crippen LogP contribution < -0.4 is 0 Å². The highest BCUT2D eigenvalue weighted by atomic mass is 79.9. The molecule has 0 bridgehead atoms. The van der Waals surface area contributed by atoms with Crippen LogP contribution in [0.15, 0.2) is 22.4 Å². The molecule has 0 N–H and O–H groups in total. The molecule has 70 valence electrons. The van der Waals surface area contributed by atoms with Gasteiger partial charge in [0.05, 0.1) is 10.7 Å². The van der Waals surface area contributed by atoms with Crippen LogP contribution in [0, 0.1) is 0 Å². The molecule has 0 aromatic carbocycles. The number of carbonyl (C=O) groups is 1. The molecule has 0 amide bonds. The van der Waals surface area contributed by atoms with Gasteiger partial charge in [0.1, 0.15) is 0 Å². The standard InChI is InChI=1S/C9H9BrO2S/c1-9(2)6-3-5(10)4-12-7(6)8(11)13-9/h3-4,7H,1-2H3. The third-order valence-electron chi connectivity index (χ3n) is 2.16. The summed E-state index contributed by atoms with van der Waals surface area (Å²) in [6.07, 6.45) is 3.20. The molecule has 0 saturated carbocycles. The number of hydrogen-bond donors (Lipinski definition) is 0. The molecule has 2 aliphatic rings. The highest BCUT2D eigenvalue weighted by molar-refractivity contribution is 9.11. The molecule has 1 atom stereocenters. The van der Waals surface area contributed by atoms with Crippen molar-refractivity contribution in [2.45, 2.75) is 24.7 Å². The van der Waals surface area contributed by atoms with E-state index in [2.05, 4.69) is 15.9 Å². The van der Waals surface area contributed by atoms with Crippen LogP contribution in [-0.2, 0) is 9.53 Å². The van der Waals surface area contributed by atoms with E-state index in [1.165, 1.54) is 11.8 Å². The Kier molecular flexibility index (Phi) is 2.07. The van der Waals surface area contributed by atoms with Crippen LogP contribution in [0.5, 0.6) is 0 Å². The quantitative estimate of drug-likeness (QED) is 0.670. The summed E-state index contributed by atoms with van der Waals surface area (Å²) in [6, 6.07) is 0. The normalized spacial score (nSPS) is 30.4. The minimum atomic E-state index is -0.360. The molecule has 0 aromatic heterocycles. The molecule has 2 rings (SSSR count). The van der Waals surface area contributed by atoms with Crippen molar-refractivity contribution in [2.75, 3.05) is 0 Å². The molecule has 0 aromatic rings. The van der Waals surface area contributed by atoms with Crippen molar-refractivity contribution < 1.29 is 9.53 Å². The van der Waals surface area contributed by atoms with E-state index >= 15 is 0 Å². The molecule has 1 unspecified atom stereocenters. The van der Waals surface area contributed by atoms with Crippen molar-refractivity contribution in [3.63, 3.8) is 0 Å². The molecule has 2 aliphatic heterocycles. The second-order valence-electron chi connectivity index (χ2n) is 3.55. The van der Waals surface area contributed by atoms with Crippen molar-refractivity contribution in [3.8, 4) is 0 Å². The van der Waals surface area contributed by atoms with Gasteiger partial charge in [0, 0.05) is 4.75 Å². The van der Waals surface area contributed by atoms with E-state index in [-0.39, 0.29) is 16.0 Å². The van der Waals surface area contributed by atoms with Gasteiger partial charge in [-0.2, -0.15) is 0 Å². The van der Waals surface area contributed by atoms with Crippen LogP contribution in [-0.4, -0.2) is 16.0 Å². The summed E-state index contributed by atoms with van der Waals surface area (Å²) in [7, 11) is 0. The molecular weight excluding hydrogens is 252 g/mol. The number of carbonyl (C=O) groups excluding carboxylic acids is 1. The number of allylic oxidation sites excluding steroid dienone is 2. The first-order chi connectivity index (χ1) is 6.00. The Morgan fingerprint density at radius 2 is 2.31 bits per heavy atom. The second kappa shape index (κ2) is 2.89. The SMILES string of the molecule is CC1(C)SC(=O)C2OC=C(Br)C=C21. The minimum Gasteiger partial charge on any atom is -0.484 e. The summed E-state index contributed by atoms with van der Waals surface area (Å²) >= 11 is 4.68. The summed E-state index contributed by atoms with van der Waals surface area (Å²) in [4.78, 5) is 11.5. The number of hydrogen-bond acceptors (Lipinski definition) is 3. The fourth-order valence-corrected chi connectivity index (χ4v) is 2.93. The molecule has 2 nitrogen and oxygen atoms in total. The zero-order valence-corrected chi connectivity index (χ0v) is 9.74. The van der Waals surface area contributed by atoms with Gasteiger partial charge < -0.3 is 4.74 Å². The summed E-state index contributed by atoms with van der Waals surface area (Å²) in [5, 5.41) is 0.104. The predicted molar refractivity (Wildman–Crippen MR) is 56.6 cm³/mol. The lowest BCUT2D eigenvalue weighted by molar-refractivity contribution is -0.116. The lowest BCUT2D eigenvalue weighted by Gasteiger charge is -2.22. The van der Waals surface area contributed by atoms with Crippen molar-refractivity contribution in [1.29, 1.82) is 0 Å². The maximum atomic E-state index is 11.5. The Labute approximate surface area is 89.5 Å². The molecule has 1 fully saturated rings. The first-order valence-corrected chi connectivity index (χ1v) is 5.58. The zero-order chi connectivity index (χ0) is 9.64. The zero-order valence-electron chi connectivity index (χ0n) is 7.33. The number of fused-ring (bicyclic) bond motifs is 1. The van der Waals surface area contributed by atoms with Gasteiger partial charge in [0.2, 0.25) is 5.12 Å². The number of ether oxygens (including phenoxy) is 1. The number of halogens is 1. The van der Waals surface area contributed by atoms with Crippen LogP contribution in [0.3, 0.4) is 0 Å². The van der Waals surface area contributed by atoms with Crippen molar-refractivity contribution in [1.82, 2.24) is 0 Å². The summed E-state index contributed by atoms with van der Waals surface area (Å²) in [5.74, 6) is 0. The van der Waals surface area contributed by atoms with Crippen LogP contribution in [0.1, 0.15) is 13.8 Å². The monoisotopic (exact) mass is 260 g/mol. The van der Waals surface area contributed by atoms with Crippen molar-refractivity contribution in [2.24, 2.45) is 0 Å². The average Bonchev–Trinajstić information content (AvgIpc) is 2.23. The van der Waals surface area contributed by atoms with Gasteiger partial charge in [-0.15, -0.1) is 0 Å². The lowest BCUT2D eigenvalue weighted by atomic mass is 9.96. The maximum Gasteiger partial charge on any atom is 0.234 e. The fourth-order valence-electron chi connectivity index (χ4n) is 1.50. The van der Waals surface area contributed by atoms with Crippen LogP contribution in [0.25, 0.3) is 0 Å². The molecule has 4 heteroatoms. The largest absolute Gasteiger partial charge is 0.484 e. The fraction of sp³-hybridized carbons (Fsp3) is 0.444. The summed E-state index contributed by atoms with van der Waals surface area (Å²) in [6.45, 7) is 4.08. The summed E-state index contributed by atoms with van der Waals surface area (Å²) < 4.78 is 6.08. The predicted octanol–water partition coefficient (Wildman–Crippen LogP) is 2.60. The Hall–Kier alpha value is -0.220. The van der Waals surface area contributed by atoms with Crippen molar-refractivity contribution in [3.05, 3.63) is 22.4 Å².